The predicted octanol–water partition coefficient (Wildman–Crippen LogP) is 3.63. The van der Waals surface area contributed by atoms with Crippen molar-refractivity contribution in [2.45, 2.75) is 31.2 Å². The van der Waals surface area contributed by atoms with Crippen LogP contribution < -0.4 is 19.7 Å². The molecule has 154 valence electrons. The van der Waals surface area contributed by atoms with Gasteiger partial charge < -0.3 is 19.7 Å². The average molecular weight is 415 g/mol. The van der Waals surface area contributed by atoms with Crippen LogP contribution in [0.25, 0.3) is 0 Å². The molecule has 7 heteroatoms. The molecule has 0 aliphatic carbocycles. The van der Waals surface area contributed by atoms with Crippen molar-refractivity contribution >= 4 is 29.3 Å². The van der Waals surface area contributed by atoms with E-state index in [-0.39, 0.29) is 24.7 Å². The number of hydrogen-bond acceptors (Lipinski definition) is 5. The number of carbonyl (C=O) groups is 2. The summed E-state index contributed by atoms with van der Waals surface area (Å²) >= 11 is 1.75. The van der Waals surface area contributed by atoms with Crippen molar-refractivity contribution in [3.05, 3.63) is 48.0 Å². The molecule has 6 nitrogen and oxygen atoms in total. The van der Waals surface area contributed by atoms with Crippen LogP contribution in [0.1, 0.15) is 25.3 Å². The zero-order valence-corrected chi connectivity index (χ0v) is 17.6. The number of fused-ring (bicyclic) bond motifs is 1. The Morgan fingerprint density at radius 3 is 2.76 bits per heavy atom. The van der Waals surface area contributed by atoms with Gasteiger partial charge in [0.05, 0.1) is 19.4 Å². The van der Waals surface area contributed by atoms with E-state index in [9.17, 15) is 9.59 Å². The second-order valence-corrected chi connectivity index (χ2v) is 7.69. The van der Waals surface area contributed by atoms with Gasteiger partial charge in [0.2, 0.25) is 11.8 Å². The molecule has 0 fully saturated rings. The molecule has 1 heterocycles. The van der Waals surface area contributed by atoms with Crippen LogP contribution in [0.2, 0.25) is 0 Å². The quantitative estimate of drug-likeness (QED) is 0.714. The minimum Gasteiger partial charge on any atom is -0.493 e. The number of carbonyl (C=O) groups excluding carboxylic acids is 2. The maximum absolute atomic E-state index is 12.6. The monoisotopic (exact) mass is 414 g/mol. The van der Waals surface area contributed by atoms with Crippen LogP contribution in [-0.2, 0) is 16.1 Å². The molecule has 0 aromatic heterocycles. The summed E-state index contributed by atoms with van der Waals surface area (Å²) in [5.41, 5.74) is 1.85. The third kappa shape index (κ3) is 5.44. The lowest BCUT2D eigenvalue weighted by Gasteiger charge is -2.29. The number of para-hydroxylation sites is 1. The number of methoxy groups -OCH3 is 1. The van der Waals surface area contributed by atoms with E-state index in [2.05, 4.69) is 5.32 Å². The lowest BCUT2D eigenvalue weighted by atomic mass is 10.2. The number of thioether (sulfide) groups is 1. The SMILES string of the molecule is CCOc1ccc(CNC(=O)CCC(=O)N2CCSc3ccccc32)cc1OC. The molecule has 0 saturated carbocycles. The second-order valence-electron chi connectivity index (χ2n) is 6.56. The van der Waals surface area contributed by atoms with Crippen LogP contribution in [0.3, 0.4) is 0 Å². The largest absolute Gasteiger partial charge is 0.493 e. The normalized spacial score (nSPS) is 12.8. The van der Waals surface area contributed by atoms with Gasteiger partial charge in [-0.15, -0.1) is 11.8 Å². The molecule has 2 aromatic rings. The molecule has 0 unspecified atom stereocenters. The fourth-order valence-corrected chi connectivity index (χ4v) is 4.16. The summed E-state index contributed by atoms with van der Waals surface area (Å²) in [4.78, 5) is 27.8. The zero-order chi connectivity index (χ0) is 20.6. The highest BCUT2D eigenvalue weighted by Gasteiger charge is 2.22. The number of anilines is 1. The number of benzene rings is 2. The molecule has 1 N–H and O–H groups in total. The molecule has 0 spiro atoms. The summed E-state index contributed by atoms with van der Waals surface area (Å²) in [5.74, 6) is 2.02. The molecular formula is C22H26N2O4S. The first-order valence-electron chi connectivity index (χ1n) is 9.71. The first kappa shape index (κ1) is 21.0. The molecule has 29 heavy (non-hydrogen) atoms. The Balaban J connectivity index is 1.50. The van der Waals surface area contributed by atoms with Crippen molar-refractivity contribution in [1.82, 2.24) is 5.32 Å². The average Bonchev–Trinajstić information content (AvgIpc) is 2.76. The molecule has 0 atom stereocenters. The number of nitrogens with one attached hydrogen (secondary N) is 1. The van der Waals surface area contributed by atoms with E-state index in [0.29, 0.717) is 31.2 Å². The minimum absolute atomic E-state index is 0.0179. The number of rotatable bonds is 8. The first-order valence-corrected chi connectivity index (χ1v) is 10.7. The second kappa shape index (κ2) is 10.2. The maximum atomic E-state index is 12.6. The predicted molar refractivity (Wildman–Crippen MR) is 115 cm³/mol. The minimum atomic E-state index is -0.147. The van der Waals surface area contributed by atoms with Gasteiger partial charge in [-0.25, -0.2) is 0 Å². The molecule has 0 bridgehead atoms. The molecule has 1 aliphatic rings. The standard InChI is InChI=1S/C22H26N2O4S/c1-3-28-18-9-8-16(14-19(18)27-2)15-23-21(25)10-11-22(26)24-12-13-29-20-7-5-4-6-17(20)24/h4-9,14H,3,10-13,15H2,1-2H3,(H,23,25). The van der Waals surface area contributed by atoms with Gasteiger partial charge in [-0.05, 0) is 36.8 Å². The van der Waals surface area contributed by atoms with Gasteiger partial charge in [-0.1, -0.05) is 18.2 Å². The molecule has 2 aromatic carbocycles. The molecular weight excluding hydrogens is 388 g/mol. The van der Waals surface area contributed by atoms with Crippen molar-refractivity contribution in [2.24, 2.45) is 0 Å². The number of hydrogen-bond donors (Lipinski definition) is 1. The van der Waals surface area contributed by atoms with Crippen molar-refractivity contribution in [1.29, 1.82) is 0 Å². The smallest absolute Gasteiger partial charge is 0.227 e. The molecule has 3 rings (SSSR count). The number of nitrogens with zero attached hydrogens (tertiary/aromatic N) is 1. The third-order valence-electron chi connectivity index (χ3n) is 4.61. The van der Waals surface area contributed by atoms with E-state index in [1.165, 1.54) is 0 Å². The zero-order valence-electron chi connectivity index (χ0n) is 16.8. The summed E-state index contributed by atoms with van der Waals surface area (Å²) in [6.07, 6.45) is 0.357. The lowest BCUT2D eigenvalue weighted by Crippen LogP contribution is -2.36. The topological polar surface area (TPSA) is 67.9 Å². The fourth-order valence-electron chi connectivity index (χ4n) is 3.17. The third-order valence-corrected chi connectivity index (χ3v) is 5.66. The molecule has 1 aliphatic heterocycles. The van der Waals surface area contributed by atoms with Gasteiger partial charge in [-0.3, -0.25) is 9.59 Å². The summed E-state index contributed by atoms with van der Waals surface area (Å²) in [6.45, 7) is 3.52. The molecule has 0 saturated heterocycles. The van der Waals surface area contributed by atoms with Crippen LogP contribution in [0, 0.1) is 0 Å². The number of ether oxygens (including phenoxy) is 2. The number of amides is 2. The Morgan fingerprint density at radius 2 is 1.97 bits per heavy atom. The van der Waals surface area contributed by atoms with Gasteiger partial charge in [0.25, 0.3) is 0 Å². The van der Waals surface area contributed by atoms with Gasteiger partial charge in [0.15, 0.2) is 11.5 Å². The van der Waals surface area contributed by atoms with Crippen LogP contribution in [0.5, 0.6) is 11.5 Å². The first-order chi connectivity index (χ1) is 14.1. The van der Waals surface area contributed by atoms with Crippen LogP contribution in [0.4, 0.5) is 5.69 Å². The van der Waals surface area contributed by atoms with Crippen LogP contribution in [0.15, 0.2) is 47.4 Å². The summed E-state index contributed by atoms with van der Waals surface area (Å²) in [7, 11) is 1.59. The summed E-state index contributed by atoms with van der Waals surface area (Å²) in [5, 5.41) is 2.87. The Morgan fingerprint density at radius 1 is 1.14 bits per heavy atom. The van der Waals surface area contributed by atoms with Crippen LogP contribution in [-0.4, -0.2) is 37.8 Å². The Labute approximate surface area is 175 Å². The van der Waals surface area contributed by atoms with E-state index < -0.39 is 0 Å². The summed E-state index contributed by atoms with van der Waals surface area (Å²) < 4.78 is 10.8. The Bertz CT molecular complexity index is 872. The van der Waals surface area contributed by atoms with Crippen molar-refractivity contribution in [2.75, 3.05) is 30.9 Å². The molecule has 0 radical (unpaired) electrons. The van der Waals surface area contributed by atoms with Gasteiger partial charge in [0, 0.05) is 36.6 Å². The highest BCUT2D eigenvalue weighted by Crippen LogP contribution is 2.34. The van der Waals surface area contributed by atoms with E-state index >= 15 is 0 Å². The van der Waals surface area contributed by atoms with Gasteiger partial charge >= 0.3 is 0 Å². The lowest BCUT2D eigenvalue weighted by molar-refractivity contribution is -0.125. The van der Waals surface area contributed by atoms with E-state index in [4.69, 9.17) is 9.47 Å². The van der Waals surface area contributed by atoms with Gasteiger partial charge in [0.1, 0.15) is 0 Å². The van der Waals surface area contributed by atoms with E-state index in [1.807, 2.05) is 49.4 Å². The highest BCUT2D eigenvalue weighted by atomic mass is 32.2. The Kier molecular flexibility index (Phi) is 7.41. The molecule has 2 amide bonds. The van der Waals surface area contributed by atoms with Crippen molar-refractivity contribution < 1.29 is 19.1 Å². The summed E-state index contributed by atoms with van der Waals surface area (Å²) in [6, 6.07) is 13.5. The van der Waals surface area contributed by atoms with Crippen molar-refractivity contribution in [3.63, 3.8) is 0 Å². The highest BCUT2D eigenvalue weighted by molar-refractivity contribution is 7.99. The van der Waals surface area contributed by atoms with Gasteiger partial charge in [-0.2, -0.15) is 0 Å². The van der Waals surface area contributed by atoms with E-state index in [0.717, 1.165) is 21.9 Å². The maximum Gasteiger partial charge on any atom is 0.227 e. The fraction of sp³-hybridized carbons (Fsp3) is 0.364. The van der Waals surface area contributed by atoms with E-state index in [1.54, 1.807) is 23.8 Å². The van der Waals surface area contributed by atoms with Crippen LogP contribution >= 0.6 is 11.8 Å². The Hall–Kier alpha value is -2.67. The van der Waals surface area contributed by atoms with Crippen molar-refractivity contribution in [3.8, 4) is 11.5 Å².